The first-order valence-corrected chi connectivity index (χ1v) is 9.04. The number of hydrogen-bond acceptors (Lipinski definition) is 4. The molecule has 1 aromatic heterocycles. The minimum atomic E-state index is -0.597. The minimum Gasteiger partial charge on any atom is -0.426 e. The fourth-order valence-electron chi connectivity index (χ4n) is 2.78. The Morgan fingerprint density at radius 3 is 2.54 bits per heavy atom. The number of carbonyl (C=O) groups excluding carboxylic acids is 2. The zero-order valence-corrected chi connectivity index (χ0v) is 16.4. The third kappa shape index (κ3) is 4.28. The van der Waals surface area contributed by atoms with Crippen LogP contribution in [0.5, 0.6) is 5.75 Å². The van der Waals surface area contributed by atoms with Crippen molar-refractivity contribution in [3.05, 3.63) is 59.8 Å². The number of nitrogens with one attached hydrogen (secondary N) is 1. The van der Waals surface area contributed by atoms with Gasteiger partial charge >= 0.3 is 5.97 Å². The predicted molar refractivity (Wildman–Crippen MR) is 111 cm³/mol. The summed E-state index contributed by atoms with van der Waals surface area (Å²) in [7, 11) is 0. The second-order valence-electron chi connectivity index (χ2n) is 6.87. The second-order valence-corrected chi connectivity index (χ2v) is 6.87. The number of hydrazone groups is 1. The number of hydrogen-bond donors (Lipinski definition) is 1. The van der Waals surface area contributed by atoms with Gasteiger partial charge < -0.3 is 9.72 Å². The number of fused-ring (bicyclic) bond motifs is 1. The number of nitrogens with zero attached hydrogens (tertiary/aromatic N) is 2. The summed E-state index contributed by atoms with van der Waals surface area (Å²) in [5.74, 6) is -0.540. The van der Waals surface area contributed by atoms with Crippen molar-refractivity contribution in [2.75, 3.05) is 5.01 Å². The van der Waals surface area contributed by atoms with Gasteiger partial charge in [0.15, 0.2) is 0 Å². The SMILES string of the molecule is C/C(=N/N(C=O)c1ccc2cc(C)[nH]c2c1)C(C)C(=O)Oc1ccc(C)cc1. The van der Waals surface area contributed by atoms with Crippen LogP contribution in [0.2, 0.25) is 0 Å². The van der Waals surface area contributed by atoms with Crippen LogP contribution >= 0.6 is 0 Å². The van der Waals surface area contributed by atoms with E-state index in [9.17, 15) is 9.59 Å². The number of aromatic nitrogens is 1. The molecule has 1 atom stereocenters. The molecule has 0 aliphatic carbocycles. The van der Waals surface area contributed by atoms with Crippen molar-refractivity contribution in [2.24, 2.45) is 11.0 Å². The Bertz CT molecular complexity index is 1030. The van der Waals surface area contributed by atoms with E-state index in [1.807, 2.05) is 50.2 Å². The number of carbonyl (C=O) groups is 2. The number of rotatable bonds is 6. The van der Waals surface area contributed by atoms with Gasteiger partial charge in [0, 0.05) is 16.9 Å². The number of esters is 1. The molecule has 0 aliphatic rings. The molecule has 1 N–H and O–H groups in total. The third-order valence-electron chi connectivity index (χ3n) is 4.59. The summed E-state index contributed by atoms with van der Waals surface area (Å²) in [6, 6.07) is 14.9. The lowest BCUT2D eigenvalue weighted by Gasteiger charge is -2.16. The minimum absolute atomic E-state index is 0.425. The molecule has 6 nitrogen and oxygen atoms in total. The smallest absolute Gasteiger partial charge is 0.319 e. The molecule has 0 saturated heterocycles. The number of aromatic amines is 1. The molecule has 0 fully saturated rings. The van der Waals surface area contributed by atoms with E-state index in [1.54, 1.807) is 26.0 Å². The topological polar surface area (TPSA) is 74.8 Å². The number of ether oxygens (including phenoxy) is 1. The van der Waals surface area contributed by atoms with Gasteiger partial charge in [-0.05, 0) is 63.4 Å². The van der Waals surface area contributed by atoms with E-state index in [4.69, 9.17) is 4.74 Å². The number of H-pyrrole nitrogens is 1. The highest BCUT2D eigenvalue weighted by Gasteiger charge is 2.20. The van der Waals surface area contributed by atoms with Crippen molar-refractivity contribution in [3.8, 4) is 5.75 Å². The lowest BCUT2D eigenvalue weighted by Crippen LogP contribution is -2.27. The Kier molecular flexibility index (Phi) is 5.59. The first kappa shape index (κ1) is 19.4. The maximum absolute atomic E-state index is 12.4. The van der Waals surface area contributed by atoms with Crippen LogP contribution in [-0.4, -0.2) is 23.1 Å². The van der Waals surface area contributed by atoms with Crippen molar-refractivity contribution < 1.29 is 14.3 Å². The molecule has 0 saturated carbocycles. The van der Waals surface area contributed by atoms with Crippen molar-refractivity contribution in [3.63, 3.8) is 0 Å². The third-order valence-corrected chi connectivity index (χ3v) is 4.59. The Balaban J connectivity index is 1.77. The first-order chi connectivity index (χ1) is 13.4. The summed E-state index contributed by atoms with van der Waals surface area (Å²) >= 11 is 0. The van der Waals surface area contributed by atoms with E-state index in [-0.39, 0.29) is 0 Å². The largest absolute Gasteiger partial charge is 0.426 e. The molecule has 3 rings (SSSR count). The van der Waals surface area contributed by atoms with Gasteiger partial charge in [0.1, 0.15) is 5.75 Å². The molecule has 0 spiro atoms. The standard InChI is InChI=1S/C22H23N3O3/c1-14-5-9-20(10-6-14)28-22(27)16(3)17(4)24-25(13-26)19-8-7-18-11-15(2)23-21(18)12-19/h5-13,16,23H,1-4H3/b24-17-. The number of aryl methyl sites for hydroxylation is 2. The molecular formula is C22H23N3O3. The van der Waals surface area contributed by atoms with Gasteiger partial charge in [-0.25, -0.2) is 5.01 Å². The molecule has 1 heterocycles. The van der Waals surface area contributed by atoms with Crippen LogP contribution in [0, 0.1) is 19.8 Å². The van der Waals surface area contributed by atoms with E-state index in [0.29, 0.717) is 23.6 Å². The molecule has 2 aromatic carbocycles. The molecular weight excluding hydrogens is 354 g/mol. The van der Waals surface area contributed by atoms with Crippen LogP contribution < -0.4 is 9.75 Å². The highest BCUT2D eigenvalue weighted by molar-refractivity contribution is 6.02. The van der Waals surface area contributed by atoms with Crippen molar-refractivity contribution in [1.29, 1.82) is 0 Å². The van der Waals surface area contributed by atoms with E-state index in [0.717, 1.165) is 22.2 Å². The molecule has 1 unspecified atom stereocenters. The van der Waals surface area contributed by atoms with Crippen LogP contribution in [0.15, 0.2) is 53.6 Å². The van der Waals surface area contributed by atoms with Crippen LogP contribution in [0.25, 0.3) is 10.9 Å². The van der Waals surface area contributed by atoms with Gasteiger partial charge in [0.2, 0.25) is 6.41 Å². The molecule has 0 aliphatic heterocycles. The second kappa shape index (κ2) is 8.08. The molecule has 28 heavy (non-hydrogen) atoms. The van der Waals surface area contributed by atoms with Crippen molar-refractivity contribution >= 4 is 34.7 Å². The molecule has 0 bridgehead atoms. The summed E-state index contributed by atoms with van der Waals surface area (Å²) in [6.45, 7) is 7.34. The quantitative estimate of drug-likeness (QED) is 0.228. The number of anilines is 1. The average Bonchev–Trinajstić information content (AvgIpc) is 3.06. The van der Waals surface area contributed by atoms with E-state index in [2.05, 4.69) is 10.1 Å². The zero-order valence-electron chi connectivity index (χ0n) is 16.4. The molecule has 1 amide bonds. The summed E-state index contributed by atoms with van der Waals surface area (Å²) in [5.41, 5.74) is 4.13. The number of amides is 1. The van der Waals surface area contributed by atoms with Crippen LogP contribution in [0.1, 0.15) is 25.1 Å². The van der Waals surface area contributed by atoms with Gasteiger partial charge in [-0.3, -0.25) is 9.59 Å². The Labute approximate surface area is 163 Å². The first-order valence-electron chi connectivity index (χ1n) is 9.04. The van der Waals surface area contributed by atoms with Gasteiger partial charge in [-0.2, -0.15) is 5.10 Å². The predicted octanol–water partition coefficient (Wildman–Crippen LogP) is 4.37. The maximum Gasteiger partial charge on any atom is 0.319 e. The highest BCUT2D eigenvalue weighted by atomic mass is 16.5. The van der Waals surface area contributed by atoms with Gasteiger partial charge in [-0.15, -0.1) is 0 Å². The Morgan fingerprint density at radius 2 is 1.86 bits per heavy atom. The van der Waals surface area contributed by atoms with Crippen molar-refractivity contribution in [2.45, 2.75) is 27.7 Å². The van der Waals surface area contributed by atoms with Gasteiger partial charge in [0.05, 0.1) is 11.6 Å². The Morgan fingerprint density at radius 1 is 1.14 bits per heavy atom. The van der Waals surface area contributed by atoms with Gasteiger partial charge in [-0.1, -0.05) is 23.8 Å². The summed E-state index contributed by atoms with van der Waals surface area (Å²) in [5, 5.41) is 6.60. The molecule has 6 heteroatoms. The fourth-order valence-corrected chi connectivity index (χ4v) is 2.78. The normalized spacial score (nSPS) is 12.6. The lowest BCUT2D eigenvalue weighted by atomic mass is 10.1. The van der Waals surface area contributed by atoms with Crippen LogP contribution in [0.3, 0.4) is 0 Å². The zero-order chi connectivity index (χ0) is 20.3. The summed E-state index contributed by atoms with van der Waals surface area (Å²) in [4.78, 5) is 27.2. The average molecular weight is 377 g/mol. The number of benzene rings is 2. The van der Waals surface area contributed by atoms with E-state index in [1.165, 1.54) is 5.01 Å². The highest BCUT2D eigenvalue weighted by Crippen LogP contribution is 2.23. The molecule has 0 radical (unpaired) electrons. The van der Waals surface area contributed by atoms with Gasteiger partial charge in [0.25, 0.3) is 0 Å². The Hall–Kier alpha value is -3.41. The lowest BCUT2D eigenvalue weighted by molar-refractivity contribution is -0.136. The van der Waals surface area contributed by atoms with E-state index >= 15 is 0 Å². The monoisotopic (exact) mass is 377 g/mol. The van der Waals surface area contributed by atoms with Crippen LogP contribution in [-0.2, 0) is 9.59 Å². The van der Waals surface area contributed by atoms with Crippen molar-refractivity contribution in [1.82, 2.24) is 4.98 Å². The molecule has 3 aromatic rings. The fraction of sp³-hybridized carbons (Fsp3) is 0.227. The van der Waals surface area contributed by atoms with Crippen LogP contribution in [0.4, 0.5) is 5.69 Å². The molecule has 144 valence electrons. The van der Waals surface area contributed by atoms with E-state index < -0.39 is 11.9 Å². The summed E-state index contributed by atoms with van der Waals surface area (Å²) < 4.78 is 5.40. The maximum atomic E-state index is 12.4. The summed E-state index contributed by atoms with van der Waals surface area (Å²) in [6.07, 6.45) is 0.624.